The summed E-state index contributed by atoms with van der Waals surface area (Å²) in [6.45, 7) is 0. The van der Waals surface area contributed by atoms with Crippen molar-refractivity contribution in [3.63, 3.8) is 0 Å². The average molecular weight is 424 g/mol. The molecule has 0 saturated heterocycles. The molecule has 0 aliphatic carbocycles. The van der Waals surface area contributed by atoms with Crippen LogP contribution < -0.4 is 0 Å². The molecule has 120 valence electrons. The van der Waals surface area contributed by atoms with Crippen LogP contribution in [0, 0.1) is 11.3 Å². The smallest absolute Gasteiger partial charge is 0.223 e. The molecule has 24 heavy (non-hydrogen) atoms. The molecule has 6 nitrogen and oxygen atoms in total. The minimum absolute atomic E-state index is 0.00891. The largest absolute Gasteiger partial charge is 0.360 e. The zero-order chi connectivity index (χ0) is 17.1. The van der Waals surface area contributed by atoms with Crippen LogP contribution in [0.3, 0.4) is 0 Å². The van der Waals surface area contributed by atoms with Crippen LogP contribution in [0.4, 0.5) is 0 Å². The van der Waals surface area contributed by atoms with E-state index in [2.05, 4.69) is 37.0 Å². The quantitative estimate of drug-likeness (QED) is 0.606. The number of halogens is 2. The van der Waals surface area contributed by atoms with Crippen LogP contribution in [-0.4, -0.2) is 29.1 Å². The number of nitrogens with one attached hydrogen (secondary N) is 1. The summed E-state index contributed by atoms with van der Waals surface area (Å²) in [5.41, 5.74) is 2.54. The van der Waals surface area contributed by atoms with E-state index in [1.165, 1.54) is 0 Å². The number of aromatic nitrogens is 3. The highest BCUT2D eigenvalue weighted by Gasteiger charge is 2.33. The first-order valence-corrected chi connectivity index (χ1v) is 9.74. The summed E-state index contributed by atoms with van der Waals surface area (Å²) in [7, 11) is -3.43. The third-order valence-electron chi connectivity index (χ3n) is 4.00. The van der Waals surface area contributed by atoms with Gasteiger partial charge in [0, 0.05) is 23.6 Å². The van der Waals surface area contributed by atoms with E-state index in [-0.39, 0.29) is 15.9 Å². The molecule has 0 saturated carbocycles. The van der Waals surface area contributed by atoms with Crippen LogP contribution in [0.2, 0.25) is 5.28 Å². The maximum atomic E-state index is 12.4. The minimum atomic E-state index is -3.43. The predicted octanol–water partition coefficient (Wildman–Crippen LogP) is 3.24. The molecule has 0 fully saturated rings. The third-order valence-corrected chi connectivity index (χ3v) is 6.78. The van der Waals surface area contributed by atoms with Gasteiger partial charge in [-0.15, -0.1) is 0 Å². The molecule has 0 amide bonds. The van der Waals surface area contributed by atoms with Crippen LogP contribution >= 0.6 is 27.5 Å². The van der Waals surface area contributed by atoms with Crippen LogP contribution in [0.25, 0.3) is 22.2 Å². The molecule has 9 heteroatoms. The molecule has 1 N–H and O–H groups in total. The summed E-state index contributed by atoms with van der Waals surface area (Å²) in [6, 6.07) is 5.52. The Morgan fingerprint density at radius 2 is 2.12 bits per heavy atom. The fraction of sp³-hybridized carbons (Fsp3) is 0.133. The van der Waals surface area contributed by atoms with Crippen molar-refractivity contribution in [2.75, 3.05) is 5.75 Å². The van der Waals surface area contributed by atoms with E-state index in [0.29, 0.717) is 38.9 Å². The molecule has 0 unspecified atom stereocenters. The van der Waals surface area contributed by atoms with Gasteiger partial charge < -0.3 is 4.98 Å². The first-order valence-electron chi connectivity index (χ1n) is 6.91. The molecular formula is C15H8BrClN4O2S. The number of fused-ring (bicyclic) bond motifs is 2. The molecule has 2 aromatic heterocycles. The summed E-state index contributed by atoms with van der Waals surface area (Å²) in [5, 5.41) is 9.89. The van der Waals surface area contributed by atoms with E-state index >= 15 is 0 Å². The van der Waals surface area contributed by atoms with E-state index in [0.717, 1.165) is 5.39 Å². The second-order valence-corrected chi connectivity index (χ2v) is 8.53. The van der Waals surface area contributed by atoms with Crippen molar-refractivity contribution in [1.29, 1.82) is 5.26 Å². The molecule has 4 rings (SSSR count). The number of hydrogen-bond donors (Lipinski definition) is 1. The molecule has 0 spiro atoms. The van der Waals surface area contributed by atoms with Gasteiger partial charge in [0.05, 0.1) is 32.7 Å². The lowest BCUT2D eigenvalue weighted by Gasteiger charge is -2.07. The summed E-state index contributed by atoms with van der Waals surface area (Å²) in [6.07, 6.45) is 2.00. The van der Waals surface area contributed by atoms with Gasteiger partial charge in [0.25, 0.3) is 0 Å². The maximum Gasteiger partial charge on any atom is 0.223 e. The molecule has 0 atom stereocenters. The van der Waals surface area contributed by atoms with Gasteiger partial charge in [-0.05, 0) is 33.6 Å². The number of benzene rings is 1. The Balaban J connectivity index is 2.08. The van der Waals surface area contributed by atoms with E-state index < -0.39 is 9.84 Å². The lowest BCUT2D eigenvalue weighted by molar-refractivity contribution is 0.600. The van der Waals surface area contributed by atoms with E-state index in [4.69, 9.17) is 16.9 Å². The zero-order valence-corrected chi connectivity index (χ0v) is 15.1. The van der Waals surface area contributed by atoms with Crippen LogP contribution in [0.1, 0.15) is 11.3 Å². The van der Waals surface area contributed by atoms with E-state index in [9.17, 15) is 8.42 Å². The van der Waals surface area contributed by atoms with Crippen molar-refractivity contribution >= 4 is 48.3 Å². The summed E-state index contributed by atoms with van der Waals surface area (Å²) < 4.78 is 25.4. The number of aromatic amines is 1. The summed E-state index contributed by atoms with van der Waals surface area (Å²) >= 11 is 9.39. The van der Waals surface area contributed by atoms with Crippen LogP contribution in [-0.2, 0) is 16.3 Å². The van der Waals surface area contributed by atoms with Crippen molar-refractivity contribution in [3.8, 4) is 17.3 Å². The predicted molar refractivity (Wildman–Crippen MR) is 92.5 cm³/mol. The van der Waals surface area contributed by atoms with Gasteiger partial charge >= 0.3 is 0 Å². The van der Waals surface area contributed by atoms with Crippen molar-refractivity contribution in [1.82, 2.24) is 15.0 Å². The normalized spacial score (nSPS) is 15.4. The maximum absolute atomic E-state index is 12.4. The Kier molecular flexibility index (Phi) is 3.42. The van der Waals surface area contributed by atoms with Gasteiger partial charge in [0.15, 0.2) is 9.84 Å². The number of nitriles is 1. The van der Waals surface area contributed by atoms with Gasteiger partial charge in [-0.1, -0.05) is 6.07 Å². The Morgan fingerprint density at radius 3 is 2.88 bits per heavy atom. The number of hydrogen-bond acceptors (Lipinski definition) is 5. The van der Waals surface area contributed by atoms with Crippen LogP contribution in [0.5, 0.6) is 0 Å². The van der Waals surface area contributed by atoms with Crippen molar-refractivity contribution in [3.05, 3.63) is 39.3 Å². The molecule has 0 bridgehead atoms. The SMILES string of the molecule is N#Cc1ccc2c(-c3nc(Cl)nc4c3S(=O)(=O)CC4)c[nH]c2c1Br. The van der Waals surface area contributed by atoms with Gasteiger partial charge in [0.1, 0.15) is 11.0 Å². The molecular weight excluding hydrogens is 416 g/mol. The molecule has 1 aliphatic heterocycles. The van der Waals surface area contributed by atoms with Gasteiger partial charge in [-0.3, -0.25) is 0 Å². The van der Waals surface area contributed by atoms with E-state index in [1.807, 2.05) is 0 Å². The van der Waals surface area contributed by atoms with Gasteiger partial charge in [-0.2, -0.15) is 5.26 Å². The first kappa shape index (κ1) is 15.6. The summed E-state index contributed by atoms with van der Waals surface area (Å²) in [5.74, 6) is 0.00891. The average Bonchev–Trinajstić information content (AvgIpc) is 3.09. The number of nitrogens with zero attached hydrogens (tertiary/aromatic N) is 3. The third kappa shape index (κ3) is 2.16. The number of aryl methyl sites for hydroxylation is 1. The lowest BCUT2D eigenvalue weighted by Crippen LogP contribution is -2.03. The zero-order valence-electron chi connectivity index (χ0n) is 12.0. The fourth-order valence-corrected chi connectivity index (χ4v) is 5.28. The second-order valence-electron chi connectivity index (χ2n) is 5.35. The highest BCUT2D eigenvalue weighted by Crippen LogP contribution is 2.39. The first-order chi connectivity index (χ1) is 11.4. The number of sulfone groups is 1. The highest BCUT2D eigenvalue weighted by atomic mass is 79.9. The van der Waals surface area contributed by atoms with Crippen LogP contribution in [0.15, 0.2) is 27.7 Å². The molecule has 3 aromatic rings. The van der Waals surface area contributed by atoms with Gasteiger partial charge in [0.2, 0.25) is 5.28 Å². The highest BCUT2D eigenvalue weighted by molar-refractivity contribution is 9.10. The Morgan fingerprint density at radius 1 is 1.33 bits per heavy atom. The molecule has 1 aliphatic rings. The monoisotopic (exact) mass is 422 g/mol. The summed E-state index contributed by atoms with van der Waals surface area (Å²) in [4.78, 5) is 11.5. The van der Waals surface area contributed by atoms with Crippen molar-refractivity contribution in [2.45, 2.75) is 11.3 Å². The van der Waals surface area contributed by atoms with Crippen molar-refractivity contribution in [2.24, 2.45) is 0 Å². The topological polar surface area (TPSA) is 99.5 Å². The molecule has 0 radical (unpaired) electrons. The molecule has 1 aromatic carbocycles. The second kappa shape index (κ2) is 5.28. The Bertz CT molecular complexity index is 1160. The Labute approximate surface area is 150 Å². The van der Waals surface area contributed by atoms with E-state index in [1.54, 1.807) is 18.3 Å². The Hall–Kier alpha value is -1.95. The number of rotatable bonds is 1. The van der Waals surface area contributed by atoms with Gasteiger partial charge in [-0.25, -0.2) is 18.4 Å². The number of H-pyrrole nitrogens is 1. The lowest BCUT2D eigenvalue weighted by atomic mass is 10.1. The fourth-order valence-electron chi connectivity index (χ4n) is 2.92. The standard InChI is InChI=1S/C15H8BrClN4O2S/c16-11-7(5-18)1-2-8-9(6-19-12(8)11)13-14-10(20-15(17)21-13)3-4-24(14,22)23/h1-2,6,19H,3-4H2. The molecule has 3 heterocycles. The minimum Gasteiger partial charge on any atom is -0.360 e. The van der Waals surface area contributed by atoms with Crippen molar-refractivity contribution < 1.29 is 8.42 Å².